The van der Waals surface area contributed by atoms with E-state index >= 15 is 0 Å². The summed E-state index contributed by atoms with van der Waals surface area (Å²) in [6.45, 7) is 2.33. The first-order chi connectivity index (χ1) is 8.17. The number of benzene rings is 1. The fraction of sp³-hybridized carbons (Fsp3) is 0.385. The largest absolute Gasteiger partial charge is 0.469 e. The number of carbonyl (C=O) groups excluding carboxylic acids is 2. The average Bonchev–Trinajstić information content (AvgIpc) is 2.38. The number of nitrogens with one attached hydrogen (secondary N) is 1. The third-order valence-corrected chi connectivity index (χ3v) is 2.44. The van der Waals surface area contributed by atoms with Gasteiger partial charge in [0.25, 0.3) is 5.91 Å². The minimum Gasteiger partial charge on any atom is -0.469 e. The number of ether oxygens (including phenoxy) is 1. The van der Waals surface area contributed by atoms with Crippen molar-refractivity contribution in [2.24, 2.45) is 0 Å². The van der Waals surface area contributed by atoms with Crippen LogP contribution in [0.1, 0.15) is 29.3 Å². The number of hydrogen-bond acceptors (Lipinski definition) is 3. The Hall–Kier alpha value is -1.84. The molecule has 0 aliphatic carbocycles. The molecule has 1 aromatic rings. The third-order valence-electron chi connectivity index (χ3n) is 2.44. The predicted molar refractivity (Wildman–Crippen MR) is 64.8 cm³/mol. The molecule has 1 N–H and O–H groups in total. The summed E-state index contributed by atoms with van der Waals surface area (Å²) < 4.78 is 4.48. The monoisotopic (exact) mass is 235 g/mol. The molecule has 0 saturated heterocycles. The van der Waals surface area contributed by atoms with Gasteiger partial charge in [-0.3, -0.25) is 9.59 Å². The summed E-state index contributed by atoms with van der Waals surface area (Å²) in [7, 11) is 1.33. The van der Waals surface area contributed by atoms with Gasteiger partial charge in [-0.05, 0) is 24.1 Å². The topological polar surface area (TPSA) is 55.4 Å². The molecule has 0 aromatic heterocycles. The van der Waals surface area contributed by atoms with E-state index < -0.39 is 0 Å². The van der Waals surface area contributed by atoms with Crippen LogP contribution < -0.4 is 5.32 Å². The van der Waals surface area contributed by atoms with Gasteiger partial charge in [-0.1, -0.05) is 19.1 Å². The molecule has 0 heterocycles. The van der Waals surface area contributed by atoms with E-state index in [0.717, 1.165) is 12.0 Å². The van der Waals surface area contributed by atoms with Gasteiger partial charge in [0.1, 0.15) is 0 Å². The highest BCUT2D eigenvalue weighted by atomic mass is 16.5. The molecule has 0 fully saturated rings. The van der Waals surface area contributed by atoms with Crippen LogP contribution in [0.3, 0.4) is 0 Å². The van der Waals surface area contributed by atoms with E-state index in [9.17, 15) is 9.59 Å². The smallest absolute Gasteiger partial charge is 0.307 e. The number of hydrogen-bond donors (Lipinski definition) is 1. The Kier molecular flexibility index (Phi) is 5.20. The number of methoxy groups -OCH3 is 1. The summed E-state index contributed by atoms with van der Waals surface area (Å²) in [6.07, 6.45) is 1.08. The first-order valence-corrected chi connectivity index (χ1v) is 5.61. The quantitative estimate of drug-likeness (QED) is 0.788. The molecule has 1 amide bonds. The molecule has 0 bridgehead atoms. The second-order valence-electron chi connectivity index (χ2n) is 3.64. The Morgan fingerprint density at radius 1 is 1.35 bits per heavy atom. The lowest BCUT2D eigenvalue weighted by Gasteiger charge is -2.05. The van der Waals surface area contributed by atoms with Crippen molar-refractivity contribution in [2.75, 3.05) is 13.7 Å². The Balaban J connectivity index is 2.49. The lowest BCUT2D eigenvalue weighted by atomic mass is 10.1. The van der Waals surface area contributed by atoms with Crippen molar-refractivity contribution >= 4 is 11.9 Å². The van der Waals surface area contributed by atoms with E-state index in [0.29, 0.717) is 12.1 Å². The van der Waals surface area contributed by atoms with Gasteiger partial charge in [0.15, 0.2) is 0 Å². The lowest BCUT2D eigenvalue weighted by molar-refractivity contribution is -0.140. The highest BCUT2D eigenvalue weighted by Gasteiger charge is 2.06. The fourth-order valence-electron chi connectivity index (χ4n) is 1.41. The van der Waals surface area contributed by atoms with Gasteiger partial charge in [-0.2, -0.15) is 0 Å². The zero-order chi connectivity index (χ0) is 12.7. The maximum absolute atomic E-state index is 11.7. The second kappa shape index (κ2) is 6.68. The van der Waals surface area contributed by atoms with E-state index in [4.69, 9.17) is 0 Å². The minimum absolute atomic E-state index is 0.163. The molecule has 1 aromatic carbocycles. The van der Waals surface area contributed by atoms with Gasteiger partial charge < -0.3 is 10.1 Å². The standard InChI is InChI=1S/C13H17NO3/c1-3-10-5-4-6-11(9-10)13(16)14-8-7-12(15)17-2/h4-6,9H,3,7-8H2,1-2H3,(H,14,16). The first kappa shape index (κ1) is 13.2. The highest BCUT2D eigenvalue weighted by molar-refractivity contribution is 5.94. The maximum atomic E-state index is 11.7. The molecule has 17 heavy (non-hydrogen) atoms. The van der Waals surface area contributed by atoms with Crippen LogP contribution in [0, 0.1) is 0 Å². The molecule has 4 heteroatoms. The summed E-state index contributed by atoms with van der Waals surface area (Å²) in [6, 6.07) is 7.44. The minimum atomic E-state index is -0.326. The number of rotatable bonds is 5. The molecule has 0 radical (unpaired) electrons. The van der Waals surface area contributed by atoms with Crippen LogP contribution in [-0.2, 0) is 16.0 Å². The summed E-state index contributed by atoms with van der Waals surface area (Å²) in [4.78, 5) is 22.6. The van der Waals surface area contributed by atoms with Crippen molar-refractivity contribution in [3.8, 4) is 0 Å². The fourth-order valence-corrected chi connectivity index (χ4v) is 1.41. The summed E-state index contributed by atoms with van der Waals surface area (Å²) in [5.41, 5.74) is 1.74. The Morgan fingerprint density at radius 3 is 2.76 bits per heavy atom. The normalized spacial score (nSPS) is 9.76. The molecule has 0 saturated carbocycles. The first-order valence-electron chi connectivity index (χ1n) is 5.61. The molecule has 0 spiro atoms. The molecule has 0 aliphatic heterocycles. The molecule has 92 valence electrons. The molecule has 1 rings (SSSR count). The van der Waals surface area contributed by atoms with Gasteiger partial charge in [0, 0.05) is 12.1 Å². The number of carbonyl (C=O) groups is 2. The molecule has 0 unspecified atom stereocenters. The lowest BCUT2D eigenvalue weighted by Crippen LogP contribution is -2.26. The van der Waals surface area contributed by atoms with Crippen molar-refractivity contribution in [3.05, 3.63) is 35.4 Å². The Bertz CT molecular complexity index is 401. The van der Waals surface area contributed by atoms with Crippen LogP contribution in [0.25, 0.3) is 0 Å². The van der Waals surface area contributed by atoms with E-state index in [1.807, 2.05) is 25.1 Å². The van der Waals surface area contributed by atoms with Crippen LogP contribution >= 0.6 is 0 Å². The van der Waals surface area contributed by atoms with E-state index in [-0.39, 0.29) is 18.3 Å². The van der Waals surface area contributed by atoms with Crippen molar-refractivity contribution in [1.82, 2.24) is 5.32 Å². The van der Waals surface area contributed by atoms with Gasteiger partial charge >= 0.3 is 5.97 Å². The van der Waals surface area contributed by atoms with Crippen molar-refractivity contribution in [1.29, 1.82) is 0 Å². The van der Waals surface area contributed by atoms with Crippen LogP contribution in [0.5, 0.6) is 0 Å². The maximum Gasteiger partial charge on any atom is 0.307 e. The van der Waals surface area contributed by atoms with Crippen LogP contribution in [0.4, 0.5) is 0 Å². The Morgan fingerprint density at radius 2 is 2.12 bits per heavy atom. The average molecular weight is 235 g/mol. The Labute approximate surface area is 101 Å². The van der Waals surface area contributed by atoms with Gasteiger partial charge in [0.05, 0.1) is 13.5 Å². The van der Waals surface area contributed by atoms with E-state index in [2.05, 4.69) is 10.1 Å². The van der Waals surface area contributed by atoms with Gasteiger partial charge in [0.2, 0.25) is 0 Å². The zero-order valence-corrected chi connectivity index (χ0v) is 10.2. The van der Waals surface area contributed by atoms with E-state index in [1.165, 1.54) is 7.11 Å². The summed E-state index contributed by atoms with van der Waals surface area (Å²) in [5, 5.41) is 2.68. The molecule has 4 nitrogen and oxygen atoms in total. The van der Waals surface area contributed by atoms with Crippen LogP contribution in [-0.4, -0.2) is 25.5 Å². The van der Waals surface area contributed by atoms with Gasteiger partial charge in [-0.25, -0.2) is 0 Å². The SMILES string of the molecule is CCc1cccc(C(=O)NCCC(=O)OC)c1. The summed E-state index contributed by atoms with van der Waals surface area (Å²) >= 11 is 0. The predicted octanol–water partition coefficient (Wildman–Crippen LogP) is 1.54. The third kappa shape index (κ3) is 4.26. The molecule has 0 aliphatic rings. The van der Waals surface area contributed by atoms with E-state index in [1.54, 1.807) is 6.07 Å². The molecule has 0 atom stereocenters. The highest BCUT2D eigenvalue weighted by Crippen LogP contribution is 2.05. The van der Waals surface area contributed by atoms with Crippen LogP contribution in [0.15, 0.2) is 24.3 Å². The zero-order valence-electron chi connectivity index (χ0n) is 10.2. The molecular weight excluding hydrogens is 218 g/mol. The van der Waals surface area contributed by atoms with Crippen LogP contribution in [0.2, 0.25) is 0 Å². The van der Waals surface area contributed by atoms with Crippen molar-refractivity contribution in [3.63, 3.8) is 0 Å². The number of amides is 1. The van der Waals surface area contributed by atoms with Crippen molar-refractivity contribution in [2.45, 2.75) is 19.8 Å². The second-order valence-corrected chi connectivity index (χ2v) is 3.64. The summed E-state index contributed by atoms with van der Waals surface area (Å²) in [5.74, 6) is -0.489. The molecular formula is C13H17NO3. The number of esters is 1. The number of aryl methyl sites for hydroxylation is 1. The van der Waals surface area contributed by atoms with Gasteiger partial charge in [-0.15, -0.1) is 0 Å². The van der Waals surface area contributed by atoms with Crippen molar-refractivity contribution < 1.29 is 14.3 Å².